The van der Waals surface area contributed by atoms with E-state index in [1.165, 1.54) is 0 Å². The van der Waals surface area contributed by atoms with Crippen molar-refractivity contribution in [2.75, 3.05) is 26.8 Å². The summed E-state index contributed by atoms with van der Waals surface area (Å²) in [6.45, 7) is 3.56. The van der Waals surface area contributed by atoms with E-state index >= 15 is 0 Å². The largest absolute Gasteiger partial charge is 0.466 e. The molecule has 1 heterocycles. The summed E-state index contributed by atoms with van der Waals surface area (Å²) in [6.07, 6.45) is 0.354. The molecule has 1 aliphatic rings. The number of nitrogens with zero attached hydrogens (tertiary/aromatic N) is 1. The first kappa shape index (κ1) is 17.9. The van der Waals surface area contributed by atoms with Gasteiger partial charge in [-0.3, -0.25) is 13.9 Å². The van der Waals surface area contributed by atoms with E-state index in [4.69, 9.17) is 4.74 Å². The smallest absolute Gasteiger partial charge is 0.311 e. The molecule has 1 fully saturated rings. The average Bonchev–Trinajstić information content (AvgIpc) is 2.56. The van der Waals surface area contributed by atoms with Gasteiger partial charge in [0.25, 0.3) is 10.1 Å². The molecule has 0 amide bonds. The second kappa shape index (κ2) is 7.90. The maximum atomic E-state index is 12.2. The Hall–Kier alpha value is -1.44. The fourth-order valence-electron chi connectivity index (χ4n) is 2.93. The molecule has 0 spiro atoms. The Morgan fingerprint density at radius 1 is 1.30 bits per heavy atom. The van der Waals surface area contributed by atoms with Gasteiger partial charge in [-0.2, -0.15) is 8.42 Å². The van der Waals surface area contributed by atoms with Gasteiger partial charge in [0.15, 0.2) is 0 Å². The SMILES string of the molecule is CCOC(=O)[C@H]1CN(Cc2ccccc2)CCC1S(=O)(=O)OC. The van der Waals surface area contributed by atoms with Crippen molar-refractivity contribution >= 4 is 16.1 Å². The van der Waals surface area contributed by atoms with Gasteiger partial charge >= 0.3 is 5.97 Å². The third-order valence-electron chi connectivity index (χ3n) is 4.07. The van der Waals surface area contributed by atoms with Gasteiger partial charge < -0.3 is 4.74 Å². The summed E-state index contributed by atoms with van der Waals surface area (Å²) in [5, 5.41) is -0.849. The summed E-state index contributed by atoms with van der Waals surface area (Å²) in [5.74, 6) is -1.20. The Bertz CT molecular complexity index is 617. The first-order valence-corrected chi connectivity index (χ1v) is 9.17. The monoisotopic (exact) mass is 341 g/mol. The highest BCUT2D eigenvalue weighted by molar-refractivity contribution is 7.87. The van der Waals surface area contributed by atoms with E-state index in [0.717, 1.165) is 12.7 Å². The molecule has 2 atom stereocenters. The van der Waals surface area contributed by atoms with E-state index in [0.29, 0.717) is 26.1 Å². The van der Waals surface area contributed by atoms with E-state index in [9.17, 15) is 13.2 Å². The second-order valence-electron chi connectivity index (χ2n) is 5.57. The van der Waals surface area contributed by atoms with Crippen LogP contribution in [0.25, 0.3) is 0 Å². The molecule has 0 N–H and O–H groups in total. The number of rotatable bonds is 6. The normalized spacial score (nSPS) is 22.7. The molecule has 23 heavy (non-hydrogen) atoms. The van der Waals surface area contributed by atoms with Crippen LogP contribution >= 0.6 is 0 Å². The summed E-state index contributed by atoms with van der Waals surface area (Å²) in [5.41, 5.74) is 1.13. The van der Waals surface area contributed by atoms with Crippen molar-refractivity contribution in [3.63, 3.8) is 0 Å². The molecule has 128 valence electrons. The molecular weight excluding hydrogens is 318 g/mol. The number of esters is 1. The number of piperidine rings is 1. The molecule has 1 saturated heterocycles. The van der Waals surface area contributed by atoms with Crippen LogP contribution in [0, 0.1) is 5.92 Å². The zero-order valence-corrected chi connectivity index (χ0v) is 14.3. The fraction of sp³-hybridized carbons (Fsp3) is 0.562. The van der Waals surface area contributed by atoms with Crippen LogP contribution in [0.4, 0.5) is 0 Å². The number of likely N-dealkylation sites (tertiary alicyclic amines) is 1. The summed E-state index contributed by atoms with van der Waals surface area (Å²) < 4.78 is 33.9. The highest BCUT2D eigenvalue weighted by atomic mass is 32.2. The predicted molar refractivity (Wildman–Crippen MR) is 86.2 cm³/mol. The predicted octanol–water partition coefficient (Wildman–Crippen LogP) is 1.42. The van der Waals surface area contributed by atoms with Gasteiger partial charge in [-0.05, 0) is 25.5 Å². The van der Waals surface area contributed by atoms with E-state index < -0.39 is 27.3 Å². The maximum absolute atomic E-state index is 12.2. The van der Waals surface area contributed by atoms with Gasteiger partial charge in [0.05, 0.1) is 19.6 Å². The molecular formula is C16H23NO5S. The fourth-order valence-corrected chi connectivity index (χ4v) is 4.17. The van der Waals surface area contributed by atoms with E-state index in [1.54, 1.807) is 6.92 Å². The molecule has 1 aromatic rings. The van der Waals surface area contributed by atoms with Crippen molar-refractivity contribution in [2.24, 2.45) is 5.92 Å². The molecule has 0 saturated carbocycles. The molecule has 7 heteroatoms. The van der Waals surface area contributed by atoms with E-state index in [2.05, 4.69) is 9.08 Å². The average molecular weight is 341 g/mol. The van der Waals surface area contributed by atoms with Gasteiger partial charge in [0.2, 0.25) is 0 Å². The summed E-state index contributed by atoms with van der Waals surface area (Å²) in [7, 11) is -2.62. The Kier molecular flexibility index (Phi) is 6.15. The standard InChI is InChI=1S/C16H23NO5S/c1-3-22-16(18)14-12-17(11-13-7-5-4-6-8-13)10-9-15(14)23(19,20)21-2/h4-8,14-15H,3,9-12H2,1-2H3/t14-,15?/m0/s1. The van der Waals surface area contributed by atoms with Gasteiger partial charge in [0.1, 0.15) is 5.25 Å². The lowest BCUT2D eigenvalue weighted by Crippen LogP contribution is -2.49. The summed E-state index contributed by atoms with van der Waals surface area (Å²) in [4.78, 5) is 14.3. The third kappa shape index (κ3) is 4.53. The Labute approximate surface area is 137 Å². The van der Waals surface area contributed by atoms with Crippen LogP contribution in [0.5, 0.6) is 0 Å². The quantitative estimate of drug-likeness (QED) is 0.575. The number of ether oxygens (including phenoxy) is 1. The second-order valence-corrected chi connectivity index (χ2v) is 7.49. The molecule has 0 aliphatic carbocycles. The van der Waals surface area contributed by atoms with Gasteiger partial charge in [-0.25, -0.2) is 0 Å². The number of carbonyl (C=O) groups excluding carboxylic acids is 1. The minimum absolute atomic E-state index is 0.230. The van der Waals surface area contributed by atoms with Crippen LogP contribution in [0.2, 0.25) is 0 Å². The molecule has 1 aliphatic heterocycles. The van der Waals surface area contributed by atoms with Crippen molar-refractivity contribution in [3.05, 3.63) is 35.9 Å². The molecule has 2 rings (SSSR count). The minimum atomic E-state index is -3.76. The lowest BCUT2D eigenvalue weighted by molar-refractivity contribution is -0.149. The van der Waals surface area contributed by atoms with Crippen LogP contribution in [0.15, 0.2) is 30.3 Å². The first-order chi connectivity index (χ1) is 11.0. The Balaban J connectivity index is 2.14. The highest BCUT2D eigenvalue weighted by Crippen LogP contribution is 2.27. The lowest BCUT2D eigenvalue weighted by atomic mass is 9.97. The van der Waals surface area contributed by atoms with Crippen molar-refractivity contribution in [1.29, 1.82) is 0 Å². The van der Waals surface area contributed by atoms with E-state index in [1.807, 2.05) is 30.3 Å². The minimum Gasteiger partial charge on any atom is -0.466 e. The van der Waals surface area contributed by atoms with E-state index in [-0.39, 0.29) is 6.61 Å². The molecule has 6 nitrogen and oxygen atoms in total. The molecule has 1 unspecified atom stereocenters. The lowest BCUT2D eigenvalue weighted by Gasteiger charge is -2.36. The maximum Gasteiger partial charge on any atom is 0.311 e. The Morgan fingerprint density at radius 2 is 2.00 bits per heavy atom. The molecule has 0 radical (unpaired) electrons. The highest BCUT2D eigenvalue weighted by Gasteiger charge is 2.43. The van der Waals surface area contributed by atoms with Crippen LogP contribution in [0.1, 0.15) is 18.9 Å². The van der Waals surface area contributed by atoms with Gasteiger partial charge in [-0.15, -0.1) is 0 Å². The zero-order valence-electron chi connectivity index (χ0n) is 13.5. The molecule has 0 bridgehead atoms. The number of benzene rings is 1. The first-order valence-electron chi connectivity index (χ1n) is 7.70. The van der Waals surface area contributed by atoms with Crippen molar-refractivity contribution in [1.82, 2.24) is 4.90 Å². The van der Waals surface area contributed by atoms with Crippen molar-refractivity contribution in [3.8, 4) is 0 Å². The van der Waals surface area contributed by atoms with Crippen LogP contribution < -0.4 is 0 Å². The Morgan fingerprint density at radius 3 is 2.61 bits per heavy atom. The zero-order chi connectivity index (χ0) is 16.9. The van der Waals surface area contributed by atoms with Crippen LogP contribution in [-0.4, -0.2) is 51.3 Å². The van der Waals surface area contributed by atoms with Crippen LogP contribution in [0.3, 0.4) is 0 Å². The molecule has 1 aromatic carbocycles. The number of hydrogen-bond acceptors (Lipinski definition) is 6. The summed E-state index contributed by atoms with van der Waals surface area (Å²) in [6, 6.07) is 9.89. The number of carbonyl (C=O) groups is 1. The third-order valence-corrected chi connectivity index (χ3v) is 5.85. The summed E-state index contributed by atoms with van der Waals surface area (Å²) >= 11 is 0. The van der Waals surface area contributed by atoms with Crippen LogP contribution in [-0.2, 0) is 30.4 Å². The number of hydrogen-bond donors (Lipinski definition) is 0. The molecule has 0 aromatic heterocycles. The van der Waals surface area contributed by atoms with Gasteiger partial charge in [0, 0.05) is 13.1 Å². The van der Waals surface area contributed by atoms with Crippen molar-refractivity contribution < 1.29 is 22.1 Å². The van der Waals surface area contributed by atoms with Gasteiger partial charge in [-0.1, -0.05) is 30.3 Å². The topological polar surface area (TPSA) is 72.9 Å². The van der Waals surface area contributed by atoms with Crippen molar-refractivity contribution in [2.45, 2.75) is 25.1 Å².